The van der Waals surface area contributed by atoms with Gasteiger partial charge in [-0.15, -0.1) is 0 Å². The predicted molar refractivity (Wildman–Crippen MR) is 136 cm³/mol. The van der Waals surface area contributed by atoms with Gasteiger partial charge in [-0.3, -0.25) is 19.3 Å². The lowest BCUT2D eigenvalue weighted by Crippen LogP contribution is -2.18. The topological polar surface area (TPSA) is 91.8 Å². The second-order valence-corrected chi connectivity index (χ2v) is 8.36. The van der Waals surface area contributed by atoms with Crippen molar-refractivity contribution < 1.29 is 9.59 Å². The van der Waals surface area contributed by atoms with Gasteiger partial charge < -0.3 is 10.6 Å². The number of hydrogen-bond donors (Lipinski definition) is 3. The van der Waals surface area contributed by atoms with E-state index in [-0.39, 0.29) is 18.2 Å². The normalized spacial score (nSPS) is 10.6. The SMILES string of the molecule is Cc1cccc(-c2n[nH]c(=S)n2CCC(=O)Nc2cccc(C(=O)Nc3ccccc3)c2C)c1. The molecule has 0 fully saturated rings. The molecule has 1 heterocycles. The number of anilines is 2. The summed E-state index contributed by atoms with van der Waals surface area (Å²) in [5.41, 5.74) is 4.55. The Morgan fingerprint density at radius 3 is 2.50 bits per heavy atom. The number of rotatable bonds is 7. The molecule has 0 aliphatic carbocycles. The van der Waals surface area contributed by atoms with Crippen LogP contribution in [0.25, 0.3) is 11.4 Å². The van der Waals surface area contributed by atoms with Gasteiger partial charge in [0.2, 0.25) is 5.91 Å². The number of nitrogens with zero attached hydrogens (tertiary/aromatic N) is 2. The van der Waals surface area contributed by atoms with Crippen LogP contribution in [0.15, 0.2) is 72.8 Å². The molecule has 4 rings (SSSR count). The van der Waals surface area contributed by atoms with E-state index in [0.29, 0.717) is 39.6 Å². The van der Waals surface area contributed by atoms with Crippen LogP contribution in [0.1, 0.15) is 27.9 Å². The van der Waals surface area contributed by atoms with Gasteiger partial charge in [-0.25, -0.2) is 0 Å². The third-order valence-corrected chi connectivity index (χ3v) is 5.79. The lowest BCUT2D eigenvalue weighted by atomic mass is 10.1. The van der Waals surface area contributed by atoms with Crippen LogP contribution in [-0.4, -0.2) is 26.6 Å². The first-order chi connectivity index (χ1) is 16.4. The van der Waals surface area contributed by atoms with Crippen molar-refractivity contribution >= 4 is 35.4 Å². The molecular formula is C26H25N5O2S. The largest absolute Gasteiger partial charge is 0.326 e. The molecule has 0 saturated heterocycles. The van der Waals surface area contributed by atoms with Crippen molar-refractivity contribution in [3.63, 3.8) is 0 Å². The highest BCUT2D eigenvalue weighted by Crippen LogP contribution is 2.22. The highest BCUT2D eigenvalue weighted by Gasteiger charge is 2.15. The van der Waals surface area contributed by atoms with Gasteiger partial charge in [0, 0.05) is 35.5 Å². The van der Waals surface area contributed by atoms with Crippen LogP contribution in [0, 0.1) is 18.6 Å². The van der Waals surface area contributed by atoms with Crippen molar-refractivity contribution in [1.29, 1.82) is 0 Å². The minimum Gasteiger partial charge on any atom is -0.326 e. The first kappa shape index (κ1) is 23.1. The van der Waals surface area contributed by atoms with Gasteiger partial charge in [-0.2, -0.15) is 5.10 Å². The van der Waals surface area contributed by atoms with E-state index in [9.17, 15) is 9.59 Å². The molecule has 0 unspecified atom stereocenters. The summed E-state index contributed by atoms with van der Waals surface area (Å²) in [6.07, 6.45) is 0.201. The third kappa shape index (κ3) is 5.29. The van der Waals surface area contributed by atoms with Crippen molar-refractivity contribution in [3.05, 3.63) is 94.3 Å². The average Bonchev–Trinajstić information content (AvgIpc) is 3.20. The van der Waals surface area contributed by atoms with Crippen LogP contribution >= 0.6 is 12.2 Å². The first-order valence-corrected chi connectivity index (χ1v) is 11.3. The van der Waals surface area contributed by atoms with Crippen molar-refractivity contribution in [2.45, 2.75) is 26.8 Å². The number of hydrogen-bond acceptors (Lipinski definition) is 4. The Hall–Kier alpha value is -4.04. The fourth-order valence-electron chi connectivity index (χ4n) is 3.69. The molecule has 0 atom stereocenters. The van der Waals surface area contributed by atoms with E-state index in [0.717, 1.165) is 11.1 Å². The molecule has 0 saturated carbocycles. The molecule has 0 spiro atoms. The summed E-state index contributed by atoms with van der Waals surface area (Å²) in [6, 6.07) is 22.5. The van der Waals surface area contributed by atoms with E-state index in [2.05, 4.69) is 20.8 Å². The second-order valence-electron chi connectivity index (χ2n) is 7.97. The molecule has 34 heavy (non-hydrogen) atoms. The predicted octanol–water partition coefficient (Wildman–Crippen LogP) is 5.51. The summed E-state index contributed by atoms with van der Waals surface area (Å²) in [6.45, 7) is 4.20. The summed E-state index contributed by atoms with van der Waals surface area (Å²) < 4.78 is 2.28. The number of aryl methyl sites for hydroxylation is 1. The highest BCUT2D eigenvalue weighted by molar-refractivity contribution is 7.71. The summed E-state index contributed by atoms with van der Waals surface area (Å²) in [5, 5.41) is 13.0. The van der Waals surface area contributed by atoms with E-state index in [4.69, 9.17) is 12.2 Å². The van der Waals surface area contributed by atoms with E-state index >= 15 is 0 Å². The van der Waals surface area contributed by atoms with E-state index in [1.165, 1.54) is 0 Å². The number of carbonyl (C=O) groups is 2. The standard InChI is InChI=1S/C26H25N5O2S/c1-17-8-6-9-19(16-17)24-29-30-26(34)31(24)15-14-23(32)28-22-13-7-12-21(18(22)2)25(33)27-20-10-4-3-5-11-20/h3-13,16H,14-15H2,1-2H3,(H,27,33)(H,28,32)(H,30,34). The fraction of sp³-hybridized carbons (Fsp3) is 0.154. The molecular weight excluding hydrogens is 446 g/mol. The minimum absolute atomic E-state index is 0.179. The number of para-hydroxylation sites is 1. The zero-order chi connectivity index (χ0) is 24.1. The van der Waals surface area contributed by atoms with Gasteiger partial charge in [-0.05, 0) is 62.0 Å². The maximum atomic E-state index is 12.8. The molecule has 8 heteroatoms. The molecule has 1 aromatic heterocycles. The third-order valence-electron chi connectivity index (χ3n) is 5.48. The molecule has 7 nitrogen and oxygen atoms in total. The van der Waals surface area contributed by atoms with Gasteiger partial charge in [0.05, 0.1) is 0 Å². The molecule has 0 aliphatic rings. The van der Waals surface area contributed by atoms with Crippen LogP contribution in [0.5, 0.6) is 0 Å². The van der Waals surface area contributed by atoms with Crippen molar-refractivity contribution in [2.24, 2.45) is 0 Å². The summed E-state index contributed by atoms with van der Waals surface area (Å²) in [4.78, 5) is 25.5. The number of amides is 2. The fourth-order valence-corrected chi connectivity index (χ4v) is 3.92. The lowest BCUT2D eigenvalue weighted by Gasteiger charge is -2.13. The number of benzene rings is 3. The van der Waals surface area contributed by atoms with Crippen LogP contribution < -0.4 is 10.6 Å². The molecule has 172 valence electrons. The number of nitrogens with one attached hydrogen (secondary N) is 3. The average molecular weight is 472 g/mol. The smallest absolute Gasteiger partial charge is 0.256 e. The van der Waals surface area contributed by atoms with Crippen molar-refractivity contribution in [1.82, 2.24) is 14.8 Å². The zero-order valence-electron chi connectivity index (χ0n) is 19.0. The molecule has 0 aliphatic heterocycles. The maximum Gasteiger partial charge on any atom is 0.256 e. The Morgan fingerprint density at radius 2 is 1.74 bits per heavy atom. The van der Waals surface area contributed by atoms with Gasteiger partial charge in [0.15, 0.2) is 10.6 Å². The van der Waals surface area contributed by atoms with Gasteiger partial charge in [0.25, 0.3) is 5.91 Å². The van der Waals surface area contributed by atoms with Gasteiger partial charge >= 0.3 is 0 Å². The Balaban J connectivity index is 1.45. The Bertz CT molecular complexity index is 1390. The van der Waals surface area contributed by atoms with E-state index in [1.54, 1.807) is 18.2 Å². The summed E-state index contributed by atoms with van der Waals surface area (Å²) >= 11 is 5.38. The van der Waals surface area contributed by atoms with Crippen LogP contribution in [-0.2, 0) is 11.3 Å². The second kappa shape index (κ2) is 10.3. The lowest BCUT2D eigenvalue weighted by molar-refractivity contribution is -0.116. The maximum absolute atomic E-state index is 12.8. The molecule has 2 amide bonds. The number of aromatic amines is 1. The quantitative estimate of drug-likeness (QED) is 0.310. The minimum atomic E-state index is -0.229. The van der Waals surface area contributed by atoms with Gasteiger partial charge in [-0.1, -0.05) is 48.0 Å². The Morgan fingerprint density at radius 1 is 0.971 bits per heavy atom. The molecule has 0 radical (unpaired) electrons. The van der Waals surface area contributed by atoms with Crippen LogP contribution in [0.4, 0.5) is 11.4 Å². The molecule has 0 bridgehead atoms. The van der Waals surface area contributed by atoms with Gasteiger partial charge in [0.1, 0.15) is 0 Å². The van der Waals surface area contributed by atoms with Crippen molar-refractivity contribution in [3.8, 4) is 11.4 Å². The first-order valence-electron chi connectivity index (χ1n) is 10.9. The summed E-state index contributed by atoms with van der Waals surface area (Å²) in [7, 11) is 0. The molecule has 3 N–H and O–H groups in total. The number of carbonyl (C=O) groups excluding carboxylic acids is 2. The van der Waals surface area contributed by atoms with E-state index < -0.39 is 0 Å². The van der Waals surface area contributed by atoms with E-state index in [1.807, 2.05) is 73.0 Å². The number of H-pyrrole nitrogens is 1. The Labute approximate surface area is 202 Å². The monoisotopic (exact) mass is 471 g/mol. The zero-order valence-corrected chi connectivity index (χ0v) is 19.8. The Kier molecular flexibility index (Phi) is 6.98. The summed E-state index contributed by atoms with van der Waals surface area (Å²) in [5.74, 6) is 0.284. The van der Waals surface area contributed by atoms with Crippen molar-refractivity contribution in [2.75, 3.05) is 10.6 Å². The highest BCUT2D eigenvalue weighted by atomic mass is 32.1. The van der Waals surface area contributed by atoms with Crippen LogP contribution in [0.3, 0.4) is 0 Å². The molecule has 4 aromatic rings. The van der Waals surface area contributed by atoms with Crippen LogP contribution in [0.2, 0.25) is 0 Å². The molecule has 3 aromatic carbocycles. The number of aromatic nitrogens is 3.